The Labute approximate surface area is 117 Å². The number of carboxylic acids is 1. The van der Waals surface area contributed by atoms with E-state index in [-0.39, 0.29) is 0 Å². The van der Waals surface area contributed by atoms with Crippen molar-refractivity contribution in [2.75, 3.05) is 7.11 Å². The number of hydrogen-bond donors (Lipinski definition) is 1. The lowest BCUT2D eigenvalue weighted by molar-refractivity contribution is -0.139. The minimum Gasteiger partial charge on any atom is -0.497 e. The second-order valence-corrected chi connectivity index (χ2v) is 4.56. The summed E-state index contributed by atoms with van der Waals surface area (Å²) < 4.78 is 5.08. The van der Waals surface area contributed by atoms with Crippen LogP contribution >= 0.6 is 0 Å². The van der Waals surface area contributed by atoms with Crippen LogP contribution in [0.15, 0.2) is 36.7 Å². The maximum Gasteiger partial charge on any atom is 0.314 e. The topological polar surface area (TPSA) is 72.3 Å². The van der Waals surface area contributed by atoms with Crippen molar-refractivity contribution in [3.05, 3.63) is 53.6 Å². The molecule has 0 bridgehead atoms. The Bertz CT molecular complexity index is 579. The number of rotatable bonds is 5. The van der Waals surface area contributed by atoms with E-state index in [1.807, 2.05) is 31.2 Å². The van der Waals surface area contributed by atoms with E-state index in [1.165, 1.54) is 0 Å². The highest BCUT2D eigenvalue weighted by atomic mass is 16.5. The van der Waals surface area contributed by atoms with Gasteiger partial charge in [0.05, 0.1) is 7.11 Å². The van der Waals surface area contributed by atoms with Crippen LogP contribution in [-0.2, 0) is 11.2 Å². The highest BCUT2D eigenvalue weighted by Gasteiger charge is 2.23. The first-order valence-electron chi connectivity index (χ1n) is 6.24. The molecule has 0 saturated heterocycles. The number of aryl methyl sites for hydroxylation is 1. The molecule has 20 heavy (non-hydrogen) atoms. The number of methoxy groups -OCH3 is 1. The highest BCUT2D eigenvalue weighted by molar-refractivity contribution is 5.75. The number of hydrogen-bond acceptors (Lipinski definition) is 4. The molecule has 1 heterocycles. The van der Waals surface area contributed by atoms with Crippen LogP contribution in [0.25, 0.3) is 0 Å². The van der Waals surface area contributed by atoms with Crippen molar-refractivity contribution in [3.8, 4) is 5.75 Å². The monoisotopic (exact) mass is 272 g/mol. The minimum atomic E-state index is -0.926. The van der Waals surface area contributed by atoms with E-state index < -0.39 is 11.9 Å². The average Bonchev–Trinajstić information content (AvgIpc) is 2.46. The molecule has 0 fully saturated rings. The van der Waals surface area contributed by atoms with E-state index in [1.54, 1.807) is 19.5 Å². The van der Waals surface area contributed by atoms with Crippen molar-refractivity contribution in [1.29, 1.82) is 0 Å². The first-order valence-corrected chi connectivity index (χ1v) is 6.24. The number of aliphatic carboxylic acids is 1. The van der Waals surface area contributed by atoms with E-state index in [2.05, 4.69) is 9.97 Å². The number of carbonyl (C=O) groups is 1. The Balaban J connectivity index is 2.20. The maximum absolute atomic E-state index is 11.4. The van der Waals surface area contributed by atoms with Crippen LogP contribution in [0.2, 0.25) is 0 Å². The first kappa shape index (κ1) is 14.0. The highest BCUT2D eigenvalue weighted by Crippen LogP contribution is 2.20. The third kappa shape index (κ3) is 3.32. The van der Waals surface area contributed by atoms with Gasteiger partial charge in [0, 0.05) is 12.4 Å². The molecule has 0 aliphatic rings. The predicted octanol–water partition coefficient (Wildman–Crippen LogP) is 2.20. The summed E-state index contributed by atoms with van der Waals surface area (Å²) in [5.41, 5.74) is 1.81. The quantitative estimate of drug-likeness (QED) is 0.903. The molecule has 0 amide bonds. The fraction of sp³-hybridized carbons (Fsp3) is 0.267. The summed E-state index contributed by atoms with van der Waals surface area (Å²) in [5.74, 6) is -0.597. The van der Waals surface area contributed by atoms with Crippen molar-refractivity contribution in [2.24, 2.45) is 0 Å². The zero-order valence-corrected chi connectivity index (χ0v) is 11.4. The Hall–Kier alpha value is -2.43. The molecule has 0 spiro atoms. The zero-order valence-electron chi connectivity index (χ0n) is 11.4. The van der Waals surface area contributed by atoms with Gasteiger partial charge in [-0.1, -0.05) is 12.1 Å². The van der Waals surface area contributed by atoms with Gasteiger partial charge in [-0.05, 0) is 36.6 Å². The lowest BCUT2D eigenvalue weighted by atomic mass is 9.98. The molecular formula is C15H16N2O3. The molecule has 2 rings (SSSR count). The zero-order chi connectivity index (χ0) is 14.5. The molecule has 1 aromatic heterocycles. The standard InChI is InChI=1S/C15H16N2O3/c1-10-8-16-14(17-9-10)13(15(18)19)7-11-3-5-12(20-2)6-4-11/h3-6,8-9,13H,7H2,1-2H3,(H,18,19). The van der Waals surface area contributed by atoms with Crippen LogP contribution in [0.4, 0.5) is 0 Å². The number of carboxylic acid groups (broad SMARTS) is 1. The molecule has 0 aliphatic heterocycles. The van der Waals surface area contributed by atoms with Crippen molar-refractivity contribution in [1.82, 2.24) is 9.97 Å². The van der Waals surface area contributed by atoms with E-state index in [0.29, 0.717) is 12.2 Å². The summed E-state index contributed by atoms with van der Waals surface area (Å²) in [7, 11) is 1.59. The summed E-state index contributed by atoms with van der Waals surface area (Å²) in [6.45, 7) is 1.86. The van der Waals surface area contributed by atoms with Crippen LogP contribution in [0.5, 0.6) is 5.75 Å². The van der Waals surface area contributed by atoms with Gasteiger partial charge in [0.2, 0.25) is 0 Å². The summed E-state index contributed by atoms with van der Waals surface area (Å²) in [6.07, 6.45) is 3.61. The third-order valence-corrected chi connectivity index (χ3v) is 3.01. The third-order valence-electron chi connectivity index (χ3n) is 3.01. The van der Waals surface area contributed by atoms with Gasteiger partial charge in [-0.3, -0.25) is 4.79 Å². The largest absolute Gasteiger partial charge is 0.497 e. The van der Waals surface area contributed by atoms with Crippen LogP contribution in [-0.4, -0.2) is 28.2 Å². The summed E-state index contributed by atoms with van der Waals surface area (Å²) in [4.78, 5) is 19.6. The van der Waals surface area contributed by atoms with Gasteiger partial charge >= 0.3 is 5.97 Å². The van der Waals surface area contributed by atoms with Crippen LogP contribution in [0.1, 0.15) is 22.9 Å². The molecule has 5 nitrogen and oxygen atoms in total. The van der Waals surface area contributed by atoms with E-state index in [9.17, 15) is 9.90 Å². The molecule has 0 aliphatic carbocycles. The SMILES string of the molecule is COc1ccc(CC(C(=O)O)c2ncc(C)cn2)cc1. The normalized spacial score (nSPS) is 11.9. The number of benzene rings is 1. The first-order chi connectivity index (χ1) is 9.60. The molecule has 2 aromatic rings. The van der Waals surface area contributed by atoms with Gasteiger partial charge in [0.15, 0.2) is 0 Å². The fourth-order valence-corrected chi connectivity index (χ4v) is 1.87. The molecule has 1 atom stereocenters. The molecule has 0 saturated carbocycles. The van der Waals surface area contributed by atoms with E-state index in [4.69, 9.17) is 4.74 Å². The molecule has 5 heteroatoms. The smallest absolute Gasteiger partial charge is 0.314 e. The molecule has 104 valence electrons. The number of ether oxygens (including phenoxy) is 1. The van der Waals surface area contributed by atoms with Gasteiger partial charge in [0.25, 0.3) is 0 Å². The van der Waals surface area contributed by atoms with Crippen molar-refractivity contribution >= 4 is 5.97 Å². The molecule has 1 unspecified atom stereocenters. The molecule has 0 radical (unpaired) electrons. The van der Waals surface area contributed by atoms with Crippen LogP contribution < -0.4 is 4.74 Å². The fourth-order valence-electron chi connectivity index (χ4n) is 1.87. The average molecular weight is 272 g/mol. The molecule has 1 aromatic carbocycles. The number of aromatic nitrogens is 2. The van der Waals surface area contributed by atoms with E-state index >= 15 is 0 Å². The van der Waals surface area contributed by atoms with Crippen LogP contribution in [0.3, 0.4) is 0 Å². The Morgan fingerprint density at radius 2 is 1.85 bits per heavy atom. The Morgan fingerprint density at radius 1 is 1.25 bits per heavy atom. The second-order valence-electron chi connectivity index (χ2n) is 4.56. The van der Waals surface area contributed by atoms with Gasteiger partial charge in [-0.15, -0.1) is 0 Å². The van der Waals surface area contributed by atoms with Gasteiger partial charge in [-0.2, -0.15) is 0 Å². The van der Waals surface area contributed by atoms with Crippen LogP contribution in [0, 0.1) is 6.92 Å². The summed E-state index contributed by atoms with van der Waals surface area (Å²) in [5, 5.41) is 9.35. The van der Waals surface area contributed by atoms with E-state index in [0.717, 1.165) is 16.9 Å². The second kappa shape index (κ2) is 6.14. The van der Waals surface area contributed by atoms with Gasteiger partial charge < -0.3 is 9.84 Å². The lowest BCUT2D eigenvalue weighted by Gasteiger charge is -2.11. The predicted molar refractivity (Wildman–Crippen MR) is 73.8 cm³/mol. The summed E-state index contributed by atoms with van der Waals surface area (Å²) >= 11 is 0. The minimum absolute atomic E-state index is 0.332. The van der Waals surface area contributed by atoms with Gasteiger partial charge in [-0.25, -0.2) is 9.97 Å². The molecular weight excluding hydrogens is 256 g/mol. The summed E-state index contributed by atoms with van der Waals surface area (Å²) in [6, 6.07) is 7.32. The van der Waals surface area contributed by atoms with Gasteiger partial charge in [0.1, 0.15) is 17.5 Å². The lowest BCUT2D eigenvalue weighted by Crippen LogP contribution is -2.17. The molecule has 1 N–H and O–H groups in total. The Morgan fingerprint density at radius 3 is 2.35 bits per heavy atom. The Kier molecular flexibility index (Phi) is 4.30. The maximum atomic E-state index is 11.4. The van der Waals surface area contributed by atoms with Crippen molar-refractivity contribution < 1.29 is 14.6 Å². The van der Waals surface area contributed by atoms with Crippen molar-refractivity contribution in [3.63, 3.8) is 0 Å². The van der Waals surface area contributed by atoms with Crippen molar-refractivity contribution in [2.45, 2.75) is 19.3 Å². The number of nitrogens with zero attached hydrogens (tertiary/aromatic N) is 2.